The van der Waals surface area contributed by atoms with Crippen LogP contribution in [0.1, 0.15) is 16.1 Å². The number of thioether (sulfide) groups is 1. The maximum atomic E-state index is 14.2. The number of benzene rings is 2. The average molecular weight is 366 g/mol. The predicted octanol–water partition coefficient (Wildman–Crippen LogP) is 4.79. The van der Waals surface area contributed by atoms with E-state index in [1.54, 1.807) is 30.0 Å². The molecule has 0 fully saturated rings. The summed E-state index contributed by atoms with van der Waals surface area (Å²) < 4.78 is 15.1. The molecule has 3 rings (SSSR count). The lowest BCUT2D eigenvalue weighted by atomic mass is 9.98. The molecule has 1 aromatic heterocycles. The zero-order valence-electron chi connectivity index (χ0n) is 14.2. The van der Waals surface area contributed by atoms with Gasteiger partial charge in [-0.2, -0.15) is 9.65 Å². The summed E-state index contributed by atoms with van der Waals surface area (Å²) in [5, 5.41) is 18.7. The monoisotopic (exact) mass is 366 g/mol. The van der Waals surface area contributed by atoms with E-state index < -0.39 is 11.9 Å². The molecule has 0 amide bonds. The summed E-state index contributed by atoms with van der Waals surface area (Å²) in [6.45, 7) is 0. The molecule has 0 aliphatic rings. The Morgan fingerprint density at radius 3 is 2.35 bits per heavy atom. The molecule has 4 nitrogen and oxygen atoms in total. The smallest absolute Gasteiger partial charge is 0.353 e. The third kappa shape index (κ3) is 2.87. The summed E-state index contributed by atoms with van der Waals surface area (Å²) in [7, 11) is 1.30. The Morgan fingerprint density at radius 1 is 1.15 bits per heavy atom. The predicted molar refractivity (Wildman–Crippen MR) is 99.7 cm³/mol. The SMILES string of the molecule is CSc1ccccc1-c1ccc(-c2c(C#N)c(F)n(C)c2C(=O)O)cc1. The number of carboxylic acid groups (broad SMARTS) is 1. The maximum absolute atomic E-state index is 14.2. The normalized spacial score (nSPS) is 10.5. The molecule has 2 aromatic carbocycles. The van der Waals surface area contributed by atoms with Crippen LogP contribution >= 0.6 is 11.8 Å². The number of aromatic nitrogens is 1. The lowest BCUT2D eigenvalue weighted by Crippen LogP contribution is -2.07. The third-order valence-corrected chi connectivity index (χ3v) is 5.02. The molecule has 0 saturated carbocycles. The minimum atomic E-state index is -1.28. The van der Waals surface area contributed by atoms with Gasteiger partial charge in [-0.15, -0.1) is 11.8 Å². The number of hydrogen-bond donors (Lipinski definition) is 1. The molecular formula is C20H15FN2O2S. The van der Waals surface area contributed by atoms with Crippen molar-refractivity contribution in [1.29, 1.82) is 5.26 Å². The van der Waals surface area contributed by atoms with Crippen molar-refractivity contribution in [3.63, 3.8) is 0 Å². The molecule has 0 radical (unpaired) electrons. The summed E-state index contributed by atoms with van der Waals surface area (Å²) in [5.74, 6) is -2.13. The van der Waals surface area contributed by atoms with Gasteiger partial charge in [0.1, 0.15) is 17.3 Å². The standard InChI is InChI=1S/C20H15FN2O2S/c1-23-18(20(24)25)17(15(11-22)19(23)21)13-9-7-12(8-10-13)14-5-3-4-6-16(14)26-2/h3-10H,1-2H3,(H,24,25). The second-order valence-corrected chi connectivity index (χ2v) is 6.49. The lowest BCUT2D eigenvalue weighted by molar-refractivity contribution is 0.0686. The van der Waals surface area contributed by atoms with Crippen molar-refractivity contribution >= 4 is 17.7 Å². The Labute approximate surface area is 154 Å². The van der Waals surface area contributed by atoms with Crippen molar-refractivity contribution < 1.29 is 14.3 Å². The Morgan fingerprint density at radius 2 is 1.77 bits per heavy atom. The summed E-state index contributed by atoms with van der Waals surface area (Å²) in [6, 6.07) is 16.9. The van der Waals surface area contributed by atoms with E-state index >= 15 is 0 Å². The first kappa shape index (κ1) is 17.8. The topological polar surface area (TPSA) is 66.0 Å². The van der Waals surface area contributed by atoms with Gasteiger partial charge in [0.05, 0.1) is 0 Å². The fourth-order valence-electron chi connectivity index (χ4n) is 2.99. The Hall–Kier alpha value is -3.04. The number of aromatic carboxylic acids is 1. The van der Waals surface area contributed by atoms with Crippen LogP contribution in [-0.4, -0.2) is 21.9 Å². The van der Waals surface area contributed by atoms with Crippen molar-refractivity contribution in [2.24, 2.45) is 7.05 Å². The number of nitriles is 1. The highest BCUT2D eigenvalue weighted by Crippen LogP contribution is 2.35. The lowest BCUT2D eigenvalue weighted by Gasteiger charge is -2.09. The van der Waals surface area contributed by atoms with Crippen molar-refractivity contribution in [2.75, 3.05) is 6.26 Å². The molecule has 3 aromatic rings. The third-order valence-electron chi connectivity index (χ3n) is 4.23. The van der Waals surface area contributed by atoms with E-state index in [1.165, 1.54) is 7.05 Å². The van der Waals surface area contributed by atoms with Crippen molar-refractivity contribution in [1.82, 2.24) is 4.57 Å². The first-order valence-corrected chi connectivity index (χ1v) is 8.97. The van der Waals surface area contributed by atoms with E-state index in [-0.39, 0.29) is 16.8 Å². The molecule has 1 N–H and O–H groups in total. The van der Waals surface area contributed by atoms with E-state index in [0.29, 0.717) is 5.56 Å². The van der Waals surface area contributed by atoms with E-state index in [4.69, 9.17) is 0 Å². The number of carboxylic acids is 1. The summed E-state index contributed by atoms with van der Waals surface area (Å²) in [6.07, 6.45) is 2.00. The first-order valence-electron chi connectivity index (χ1n) is 7.75. The Bertz CT molecular complexity index is 1030. The molecule has 0 bridgehead atoms. The van der Waals surface area contributed by atoms with Crippen LogP contribution in [0.15, 0.2) is 53.4 Å². The minimum Gasteiger partial charge on any atom is -0.477 e. The van der Waals surface area contributed by atoms with Gasteiger partial charge in [0.15, 0.2) is 0 Å². The maximum Gasteiger partial charge on any atom is 0.353 e. The van der Waals surface area contributed by atoms with Crippen LogP contribution in [0, 0.1) is 17.3 Å². The molecule has 0 saturated heterocycles. The molecule has 1 heterocycles. The fourth-order valence-corrected chi connectivity index (χ4v) is 3.61. The molecule has 0 unspecified atom stereocenters. The van der Waals surface area contributed by atoms with Gasteiger partial charge < -0.3 is 9.67 Å². The van der Waals surface area contributed by atoms with Crippen LogP contribution in [0.2, 0.25) is 0 Å². The van der Waals surface area contributed by atoms with Crippen molar-refractivity contribution in [3.05, 3.63) is 65.7 Å². The number of nitrogens with zero attached hydrogens (tertiary/aromatic N) is 2. The van der Waals surface area contributed by atoms with Crippen LogP contribution in [0.4, 0.5) is 4.39 Å². The van der Waals surface area contributed by atoms with E-state index in [0.717, 1.165) is 20.6 Å². The van der Waals surface area contributed by atoms with Crippen LogP contribution in [-0.2, 0) is 7.05 Å². The number of rotatable bonds is 4. The summed E-state index contributed by atoms with van der Waals surface area (Å²) in [5.41, 5.74) is 2.11. The summed E-state index contributed by atoms with van der Waals surface area (Å²) in [4.78, 5) is 12.7. The Kier molecular flexibility index (Phi) is 4.83. The molecule has 0 atom stereocenters. The second-order valence-electron chi connectivity index (χ2n) is 5.64. The minimum absolute atomic E-state index is 0.102. The molecule has 6 heteroatoms. The highest BCUT2D eigenvalue weighted by Gasteiger charge is 2.26. The molecule has 0 aliphatic heterocycles. The molecule has 26 heavy (non-hydrogen) atoms. The van der Waals surface area contributed by atoms with Crippen LogP contribution in [0.25, 0.3) is 22.3 Å². The number of carbonyl (C=O) groups is 1. The van der Waals surface area contributed by atoms with Gasteiger partial charge in [-0.05, 0) is 29.0 Å². The average Bonchev–Trinajstić information content (AvgIpc) is 2.92. The van der Waals surface area contributed by atoms with Crippen LogP contribution < -0.4 is 0 Å². The summed E-state index contributed by atoms with van der Waals surface area (Å²) >= 11 is 1.63. The van der Waals surface area contributed by atoms with Crippen molar-refractivity contribution in [3.8, 4) is 28.3 Å². The molecule has 0 aliphatic carbocycles. The van der Waals surface area contributed by atoms with E-state index in [2.05, 4.69) is 0 Å². The fraction of sp³-hybridized carbons (Fsp3) is 0.100. The van der Waals surface area contributed by atoms with Crippen LogP contribution in [0.5, 0.6) is 0 Å². The molecule has 0 spiro atoms. The zero-order chi connectivity index (χ0) is 18.8. The van der Waals surface area contributed by atoms with Gasteiger partial charge in [0.25, 0.3) is 0 Å². The number of hydrogen-bond acceptors (Lipinski definition) is 3. The molecular weight excluding hydrogens is 351 g/mol. The highest BCUT2D eigenvalue weighted by atomic mass is 32.2. The van der Waals surface area contributed by atoms with E-state index in [9.17, 15) is 19.6 Å². The van der Waals surface area contributed by atoms with Gasteiger partial charge in [0.2, 0.25) is 5.95 Å². The van der Waals surface area contributed by atoms with Crippen molar-refractivity contribution in [2.45, 2.75) is 4.90 Å². The van der Waals surface area contributed by atoms with Crippen LogP contribution in [0.3, 0.4) is 0 Å². The van der Waals surface area contributed by atoms with Gasteiger partial charge in [-0.1, -0.05) is 42.5 Å². The molecule has 130 valence electrons. The second kappa shape index (κ2) is 7.06. The van der Waals surface area contributed by atoms with Gasteiger partial charge in [0, 0.05) is 17.5 Å². The quantitative estimate of drug-likeness (QED) is 0.674. The Balaban J connectivity index is 2.15. The number of halogens is 1. The highest BCUT2D eigenvalue weighted by molar-refractivity contribution is 7.98. The zero-order valence-corrected chi connectivity index (χ0v) is 15.0. The van der Waals surface area contributed by atoms with Gasteiger partial charge >= 0.3 is 5.97 Å². The van der Waals surface area contributed by atoms with E-state index in [1.807, 2.05) is 42.7 Å². The largest absolute Gasteiger partial charge is 0.477 e. The first-order chi connectivity index (χ1) is 12.5. The van der Waals surface area contributed by atoms with Gasteiger partial charge in [-0.25, -0.2) is 4.79 Å². The van der Waals surface area contributed by atoms with Gasteiger partial charge in [-0.3, -0.25) is 0 Å².